The summed E-state index contributed by atoms with van der Waals surface area (Å²) < 4.78 is 5.66. The van der Waals surface area contributed by atoms with Gasteiger partial charge in [-0.2, -0.15) is 0 Å². The maximum atomic E-state index is 10.9. The Kier molecular flexibility index (Phi) is 3.43. The molecule has 5 nitrogen and oxygen atoms in total. The van der Waals surface area contributed by atoms with E-state index >= 15 is 0 Å². The van der Waals surface area contributed by atoms with Gasteiger partial charge in [0, 0.05) is 24.5 Å². The van der Waals surface area contributed by atoms with Crippen LogP contribution in [0.25, 0.3) is 0 Å². The van der Waals surface area contributed by atoms with Crippen molar-refractivity contribution < 1.29 is 14.6 Å². The number of hydrogen-bond acceptors (Lipinski definition) is 4. The van der Waals surface area contributed by atoms with Gasteiger partial charge in [0.25, 0.3) is 0 Å². The predicted molar refractivity (Wildman–Crippen MR) is 70.0 cm³/mol. The van der Waals surface area contributed by atoms with Crippen molar-refractivity contribution in [2.24, 2.45) is 0 Å². The van der Waals surface area contributed by atoms with Crippen molar-refractivity contribution in [1.29, 1.82) is 0 Å². The smallest absolute Gasteiger partial charge is 0.337 e. The van der Waals surface area contributed by atoms with Gasteiger partial charge in [0.05, 0.1) is 17.8 Å². The van der Waals surface area contributed by atoms with E-state index in [4.69, 9.17) is 15.6 Å². The van der Waals surface area contributed by atoms with Crippen LogP contribution in [0.15, 0.2) is 18.2 Å². The van der Waals surface area contributed by atoms with E-state index in [1.165, 1.54) is 0 Å². The van der Waals surface area contributed by atoms with Crippen LogP contribution in [-0.4, -0.2) is 36.4 Å². The Labute approximate surface area is 106 Å². The molecular formula is C13H18N2O3. The van der Waals surface area contributed by atoms with Crippen LogP contribution >= 0.6 is 0 Å². The molecule has 1 heterocycles. The zero-order chi connectivity index (χ0) is 13.3. The Morgan fingerprint density at radius 1 is 1.39 bits per heavy atom. The van der Waals surface area contributed by atoms with Crippen molar-refractivity contribution in [3.8, 4) is 0 Å². The number of carboxylic acids is 1. The third-order valence-electron chi connectivity index (χ3n) is 3.05. The fourth-order valence-corrected chi connectivity index (χ4v) is 2.33. The van der Waals surface area contributed by atoms with Crippen molar-refractivity contribution in [3.05, 3.63) is 23.8 Å². The number of benzene rings is 1. The lowest BCUT2D eigenvalue weighted by Gasteiger charge is -2.37. The van der Waals surface area contributed by atoms with E-state index < -0.39 is 5.97 Å². The van der Waals surface area contributed by atoms with Crippen LogP contribution < -0.4 is 10.6 Å². The van der Waals surface area contributed by atoms with E-state index in [9.17, 15) is 4.79 Å². The van der Waals surface area contributed by atoms with Gasteiger partial charge in [0.2, 0.25) is 0 Å². The highest BCUT2D eigenvalue weighted by atomic mass is 16.5. The molecule has 3 N–H and O–H groups in total. The maximum Gasteiger partial charge on any atom is 0.337 e. The van der Waals surface area contributed by atoms with E-state index in [1.807, 2.05) is 13.8 Å². The Hall–Kier alpha value is -1.75. The molecular weight excluding hydrogens is 232 g/mol. The first-order valence-corrected chi connectivity index (χ1v) is 6.00. The highest BCUT2D eigenvalue weighted by molar-refractivity contribution is 5.94. The average molecular weight is 250 g/mol. The monoisotopic (exact) mass is 250 g/mol. The topological polar surface area (TPSA) is 75.8 Å². The third-order valence-corrected chi connectivity index (χ3v) is 3.05. The minimum Gasteiger partial charge on any atom is -0.478 e. The number of rotatable bonds is 2. The van der Waals surface area contributed by atoms with Crippen LogP contribution in [0, 0.1) is 0 Å². The van der Waals surface area contributed by atoms with Gasteiger partial charge >= 0.3 is 5.97 Å². The Morgan fingerprint density at radius 2 is 2.00 bits per heavy atom. The molecule has 98 valence electrons. The van der Waals surface area contributed by atoms with Gasteiger partial charge < -0.3 is 20.5 Å². The lowest BCUT2D eigenvalue weighted by atomic mass is 10.1. The van der Waals surface area contributed by atoms with Gasteiger partial charge in [-0.25, -0.2) is 4.79 Å². The fraction of sp³-hybridized carbons (Fsp3) is 0.462. The van der Waals surface area contributed by atoms with Crippen molar-refractivity contribution in [2.75, 3.05) is 23.7 Å². The normalized spacial score (nSPS) is 24.0. The molecule has 0 bridgehead atoms. The van der Waals surface area contributed by atoms with Gasteiger partial charge in [-0.15, -0.1) is 0 Å². The summed E-state index contributed by atoms with van der Waals surface area (Å²) in [5.41, 5.74) is 7.15. The second kappa shape index (κ2) is 4.86. The standard InChI is InChI=1S/C13H18N2O3/c1-8-6-15(7-9(2)18-8)10-3-4-11(13(16)17)12(14)5-10/h3-5,8-9H,6-7,14H2,1-2H3,(H,16,17). The summed E-state index contributed by atoms with van der Waals surface area (Å²) in [6, 6.07) is 5.07. The lowest BCUT2D eigenvalue weighted by molar-refractivity contribution is -0.00522. The Morgan fingerprint density at radius 3 is 2.50 bits per heavy atom. The van der Waals surface area contributed by atoms with Gasteiger partial charge in [-0.05, 0) is 32.0 Å². The van der Waals surface area contributed by atoms with Gasteiger partial charge in [-0.1, -0.05) is 0 Å². The molecule has 2 rings (SSSR count). The van der Waals surface area contributed by atoms with Crippen LogP contribution in [-0.2, 0) is 4.74 Å². The molecule has 0 aromatic heterocycles. The summed E-state index contributed by atoms with van der Waals surface area (Å²) in [6.07, 6.45) is 0.322. The van der Waals surface area contributed by atoms with Gasteiger partial charge in [-0.3, -0.25) is 0 Å². The Bertz CT molecular complexity index is 452. The molecule has 1 fully saturated rings. The summed E-state index contributed by atoms with van der Waals surface area (Å²) >= 11 is 0. The van der Waals surface area contributed by atoms with Crippen LogP contribution in [0.4, 0.5) is 11.4 Å². The number of nitrogens with two attached hydrogens (primary N) is 1. The molecule has 0 spiro atoms. The number of nitrogen functional groups attached to an aromatic ring is 1. The van der Waals surface area contributed by atoms with Crippen LogP contribution in [0.2, 0.25) is 0 Å². The van der Waals surface area contributed by atoms with Crippen molar-refractivity contribution >= 4 is 17.3 Å². The summed E-state index contributed by atoms with van der Waals surface area (Å²) in [4.78, 5) is 13.1. The first kappa shape index (κ1) is 12.7. The van der Waals surface area contributed by atoms with E-state index in [2.05, 4.69) is 4.90 Å². The highest BCUT2D eigenvalue weighted by Crippen LogP contribution is 2.24. The minimum absolute atomic E-state index is 0.146. The number of carboxylic acid groups (broad SMARTS) is 1. The summed E-state index contributed by atoms with van der Waals surface area (Å²) in [5.74, 6) is -0.997. The minimum atomic E-state index is -0.997. The van der Waals surface area contributed by atoms with E-state index in [1.54, 1.807) is 18.2 Å². The number of anilines is 2. The average Bonchev–Trinajstić information content (AvgIpc) is 2.26. The third kappa shape index (κ3) is 2.56. The van der Waals surface area contributed by atoms with Crippen molar-refractivity contribution in [2.45, 2.75) is 26.1 Å². The zero-order valence-electron chi connectivity index (χ0n) is 10.6. The summed E-state index contributed by atoms with van der Waals surface area (Å²) in [6.45, 7) is 5.63. The van der Waals surface area contributed by atoms with Crippen LogP contribution in [0.1, 0.15) is 24.2 Å². The summed E-state index contributed by atoms with van der Waals surface area (Å²) in [7, 11) is 0. The van der Waals surface area contributed by atoms with Crippen LogP contribution in [0.5, 0.6) is 0 Å². The molecule has 2 atom stereocenters. The van der Waals surface area contributed by atoms with Gasteiger partial charge in [0.15, 0.2) is 0 Å². The quantitative estimate of drug-likeness (QED) is 0.779. The first-order valence-electron chi connectivity index (χ1n) is 6.00. The molecule has 0 saturated carbocycles. The van der Waals surface area contributed by atoms with Crippen molar-refractivity contribution in [3.63, 3.8) is 0 Å². The van der Waals surface area contributed by atoms with Crippen molar-refractivity contribution in [1.82, 2.24) is 0 Å². The molecule has 1 saturated heterocycles. The molecule has 0 amide bonds. The number of morpholine rings is 1. The van der Waals surface area contributed by atoms with E-state index in [0.29, 0.717) is 5.69 Å². The lowest BCUT2D eigenvalue weighted by Crippen LogP contribution is -2.45. The van der Waals surface area contributed by atoms with E-state index in [-0.39, 0.29) is 17.8 Å². The number of nitrogens with zero attached hydrogens (tertiary/aromatic N) is 1. The molecule has 0 aliphatic carbocycles. The summed E-state index contributed by atoms with van der Waals surface area (Å²) in [5, 5.41) is 8.94. The molecule has 0 radical (unpaired) electrons. The van der Waals surface area contributed by atoms with Gasteiger partial charge in [0.1, 0.15) is 0 Å². The number of ether oxygens (including phenoxy) is 1. The molecule has 5 heteroatoms. The SMILES string of the molecule is CC1CN(c2ccc(C(=O)O)c(N)c2)CC(C)O1. The fourth-order valence-electron chi connectivity index (χ4n) is 2.33. The number of carbonyl (C=O) groups is 1. The molecule has 1 aliphatic heterocycles. The number of hydrogen-bond donors (Lipinski definition) is 2. The molecule has 1 aliphatic rings. The maximum absolute atomic E-state index is 10.9. The second-order valence-electron chi connectivity index (χ2n) is 4.74. The molecule has 1 aromatic rings. The van der Waals surface area contributed by atoms with Crippen LogP contribution in [0.3, 0.4) is 0 Å². The highest BCUT2D eigenvalue weighted by Gasteiger charge is 2.23. The molecule has 1 aromatic carbocycles. The second-order valence-corrected chi connectivity index (χ2v) is 4.74. The number of aromatic carboxylic acids is 1. The largest absolute Gasteiger partial charge is 0.478 e. The predicted octanol–water partition coefficient (Wildman–Crippen LogP) is 1.58. The first-order chi connectivity index (χ1) is 8.47. The van der Waals surface area contributed by atoms with E-state index in [0.717, 1.165) is 18.8 Å². The molecule has 18 heavy (non-hydrogen) atoms. The Balaban J connectivity index is 2.23. The zero-order valence-corrected chi connectivity index (χ0v) is 10.6. The molecule has 2 unspecified atom stereocenters.